The lowest BCUT2D eigenvalue weighted by atomic mass is 10.2. The van der Waals surface area contributed by atoms with Crippen LogP contribution in [0.4, 0.5) is 0 Å². The zero-order valence-electron chi connectivity index (χ0n) is 17.1. The molecule has 1 aliphatic rings. The number of guanidine groups is 1. The minimum absolute atomic E-state index is 0. The van der Waals surface area contributed by atoms with E-state index in [-0.39, 0.29) is 24.0 Å². The molecular weight excluding hydrogens is 465 g/mol. The van der Waals surface area contributed by atoms with Crippen LogP contribution >= 0.6 is 24.0 Å². The summed E-state index contributed by atoms with van der Waals surface area (Å²) in [5.41, 5.74) is 1.30. The molecule has 1 saturated carbocycles. The number of aromatic nitrogens is 1. The quantitative estimate of drug-likeness (QED) is 0.216. The van der Waals surface area contributed by atoms with Crippen LogP contribution < -0.4 is 10.6 Å². The molecule has 0 amide bonds. The van der Waals surface area contributed by atoms with Crippen LogP contribution in [0.15, 0.2) is 41.5 Å². The summed E-state index contributed by atoms with van der Waals surface area (Å²) >= 11 is 0. The number of ether oxygens (including phenoxy) is 1. The van der Waals surface area contributed by atoms with Crippen LogP contribution in [0.3, 0.4) is 0 Å². The van der Waals surface area contributed by atoms with E-state index < -0.39 is 0 Å². The van der Waals surface area contributed by atoms with Gasteiger partial charge < -0.3 is 19.9 Å². The number of fused-ring (bicyclic) bond motifs is 1. The van der Waals surface area contributed by atoms with Gasteiger partial charge in [0.05, 0.1) is 6.61 Å². The second-order valence-electron chi connectivity index (χ2n) is 7.11. The number of aliphatic imine (C=N–C) groups is 1. The zero-order valence-corrected chi connectivity index (χ0v) is 19.4. The Hall–Kier alpha value is -1.32. The molecule has 28 heavy (non-hydrogen) atoms. The summed E-state index contributed by atoms with van der Waals surface area (Å²) in [6.45, 7) is 5.66. The van der Waals surface area contributed by atoms with Crippen molar-refractivity contribution in [1.82, 2.24) is 20.1 Å². The maximum absolute atomic E-state index is 5.22. The highest BCUT2D eigenvalue weighted by Crippen LogP contribution is 2.25. The van der Waals surface area contributed by atoms with Gasteiger partial charge >= 0.3 is 0 Å². The number of nitrogens with one attached hydrogen (secondary N) is 2. The molecule has 1 heterocycles. The smallest absolute Gasteiger partial charge is 0.191 e. The first-order chi connectivity index (χ1) is 13.3. The molecule has 7 heteroatoms. The van der Waals surface area contributed by atoms with E-state index in [2.05, 4.69) is 61.6 Å². The Morgan fingerprint density at radius 2 is 1.96 bits per heavy atom. The molecule has 0 aliphatic heterocycles. The lowest BCUT2D eigenvalue weighted by molar-refractivity contribution is 0.144. The average Bonchev–Trinajstić information content (AvgIpc) is 3.46. The first-order valence-corrected chi connectivity index (χ1v) is 10.0. The molecule has 0 spiro atoms. The Bertz CT molecular complexity index is 728. The average molecular weight is 499 g/mol. The first-order valence-electron chi connectivity index (χ1n) is 10.0. The minimum atomic E-state index is 0. The van der Waals surface area contributed by atoms with Crippen LogP contribution in [0.5, 0.6) is 0 Å². The molecule has 1 aromatic heterocycles. The van der Waals surface area contributed by atoms with Gasteiger partial charge in [-0.15, -0.1) is 24.0 Å². The summed E-state index contributed by atoms with van der Waals surface area (Å²) in [6, 6.07) is 11.5. The lowest BCUT2D eigenvalue weighted by Crippen LogP contribution is -2.43. The van der Waals surface area contributed by atoms with Crippen LogP contribution in [0, 0.1) is 0 Å². The van der Waals surface area contributed by atoms with E-state index in [1.807, 2.05) is 7.05 Å². The third-order valence-electron chi connectivity index (χ3n) is 5.11. The van der Waals surface area contributed by atoms with Gasteiger partial charge in [0.2, 0.25) is 0 Å². The molecule has 2 N–H and O–H groups in total. The number of halogens is 1. The molecule has 0 unspecified atom stereocenters. The van der Waals surface area contributed by atoms with Gasteiger partial charge in [0.15, 0.2) is 5.96 Å². The summed E-state index contributed by atoms with van der Waals surface area (Å²) in [5, 5.41) is 8.16. The molecule has 0 radical (unpaired) electrons. The number of aryl methyl sites for hydroxylation is 1. The van der Waals surface area contributed by atoms with Crippen molar-refractivity contribution in [3.8, 4) is 0 Å². The minimum Gasteiger partial charge on any atom is -0.383 e. The van der Waals surface area contributed by atoms with Crippen molar-refractivity contribution < 1.29 is 4.74 Å². The number of methoxy groups -OCH3 is 1. The van der Waals surface area contributed by atoms with Crippen molar-refractivity contribution >= 4 is 40.8 Å². The Morgan fingerprint density at radius 1 is 1.18 bits per heavy atom. The van der Waals surface area contributed by atoms with Crippen LogP contribution in [0.1, 0.15) is 19.3 Å². The summed E-state index contributed by atoms with van der Waals surface area (Å²) in [5.74, 6) is 0.884. The predicted octanol–water partition coefficient (Wildman–Crippen LogP) is 2.93. The van der Waals surface area contributed by atoms with Crippen molar-refractivity contribution in [3.05, 3.63) is 36.5 Å². The van der Waals surface area contributed by atoms with E-state index in [4.69, 9.17) is 4.74 Å². The van der Waals surface area contributed by atoms with E-state index in [0.717, 1.165) is 57.8 Å². The molecule has 156 valence electrons. The van der Waals surface area contributed by atoms with Crippen LogP contribution in [-0.4, -0.2) is 68.4 Å². The van der Waals surface area contributed by atoms with Gasteiger partial charge in [0.1, 0.15) is 0 Å². The van der Waals surface area contributed by atoms with E-state index >= 15 is 0 Å². The van der Waals surface area contributed by atoms with Gasteiger partial charge in [-0.1, -0.05) is 18.2 Å². The molecule has 2 aromatic rings. The van der Waals surface area contributed by atoms with Gasteiger partial charge in [0.25, 0.3) is 0 Å². The summed E-state index contributed by atoms with van der Waals surface area (Å²) in [4.78, 5) is 6.85. The van der Waals surface area contributed by atoms with E-state index in [1.165, 1.54) is 23.7 Å². The molecule has 1 fully saturated rings. The number of benzene rings is 1. The number of hydrogen-bond donors (Lipinski definition) is 2. The number of para-hydroxylation sites is 1. The predicted molar refractivity (Wildman–Crippen MR) is 128 cm³/mol. The van der Waals surface area contributed by atoms with Gasteiger partial charge in [-0.2, -0.15) is 0 Å². The van der Waals surface area contributed by atoms with Crippen molar-refractivity contribution in [2.45, 2.75) is 31.8 Å². The molecule has 1 aromatic carbocycles. The molecule has 0 saturated heterocycles. The highest BCUT2D eigenvalue weighted by molar-refractivity contribution is 14.0. The Labute approximate surface area is 185 Å². The van der Waals surface area contributed by atoms with Crippen molar-refractivity contribution in [2.24, 2.45) is 4.99 Å². The van der Waals surface area contributed by atoms with E-state index in [9.17, 15) is 0 Å². The topological polar surface area (TPSA) is 53.8 Å². The standard InChI is InChI=1S/C21H33N5O.HI/c1-22-21(24-12-15-25(16-17-27-2)19-8-9-19)23-11-5-13-26-14-10-18-6-3-4-7-20(18)26;/h3-4,6-7,10,14,19H,5,8-9,11-13,15-17H2,1-2H3,(H2,22,23,24);1H. The molecule has 6 nitrogen and oxygen atoms in total. The zero-order chi connectivity index (χ0) is 18.9. The molecule has 0 atom stereocenters. The van der Waals surface area contributed by atoms with Gasteiger partial charge in [-0.05, 0) is 36.8 Å². The lowest BCUT2D eigenvalue weighted by Gasteiger charge is -2.22. The number of nitrogens with zero attached hydrogens (tertiary/aromatic N) is 3. The SMILES string of the molecule is CN=C(NCCCn1ccc2ccccc21)NCCN(CCOC)C1CC1.I. The molecule has 0 bridgehead atoms. The molecular formula is C21H34IN5O. The highest BCUT2D eigenvalue weighted by atomic mass is 127. The fourth-order valence-corrected chi connectivity index (χ4v) is 3.46. The second kappa shape index (κ2) is 12.3. The first kappa shape index (κ1) is 23.0. The third-order valence-corrected chi connectivity index (χ3v) is 5.11. The Kier molecular flexibility index (Phi) is 10.1. The van der Waals surface area contributed by atoms with Crippen LogP contribution in [0.25, 0.3) is 10.9 Å². The molecule has 3 rings (SSSR count). The van der Waals surface area contributed by atoms with Crippen molar-refractivity contribution in [3.63, 3.8) is 0 Å². The highest BCUT2D eigenvalue weighted by Gasteiger charge is 2.28. The Morgan fingerprint density at radius 3 is 2.71 bits per heavy atom. The van der Waals surface area contributed by atoms with Gasteiger partial charge in [0, 0.05) is 64.6 Å². The summed E-state index contributed by atoms with van der Waals surface area (Å²) in [6.07, 6.45) is 5.88. The summed E-state index contributed by atoms with van der Waals surface area (Å²) < 4.78 is 7.54. The van der Waals surface area contributed by atoms with Crippen molar-refractivity contribution in [2.75, 3.05) is 46.9 Å². The number of hydrogen-bond acceptors (Lipinski definition) is 3. The largest absolute Gasteiger partial charge is 0.383 e. The maximum atomic E-state index is 5.22. The van der Waals surface area contributed by atoms with E-state index in [1.54, 1.807) is 7.11 Å². The molecule has 1 aliphatic carbocycles. The Balaban J connectivity index is 0.00000280. The van der Waals surface area contributed by atoms with Crippen molar-refractivity contribution in [1.29, 1.82) is 0 Å². The van der Waals surface area contributed by atoms with Gasteiger partial charge in [-0.3, -0.25) is 9.89 Å². The fourth-order valence-electron chi connectivity index (χ4n) is 3.46. The number of rotatable bonds is 11. The van der Waals surface area contributed by atoms with Crippen LogP contribution in [0.2, 0.25) is 0 Å². The fraction of sp³-hybridized carbons (Fsp3) is 0.571. The third kappa shape index (κ3) is 6.93. The summed E-state index contributed by atoms with van der Waals surface area (Å²) in [7, 11) is 3.60. The van der Waals surface area contributed by atoms with E-state index in [0.29, 0.717) is 0 Å². The normalized spacial score (nSPS) is 14.3. The van der Waals surface area contributed by atoms with Crippen LogP contribution in [-0.2, 0) is 11.3 Å². The van der Waals surface area contributed by atoms with Gasteiger partial charge in [-0.25, -0.2) is 0 Å². The monoisotopic (exact) mass is 499 g/mol. The second-order valence-corrected chi connectivity index (χ2v) is 7.11. The maximum Gasteiger partial charge on any atom is 0.191 e.